The number of fused-ring (bicyclic) bond motifs is 1. The zero-order chi connectivity index (χ0) is 26.9. The number of thioether (sulfide) groups is 2. The number of carbonyl (C=O) groups excluding carboxylic acids is 2. The summed E-state index contributed by atoms with van der Waals surface area (Å²) in [6.07, 6.45) is 0. The maximum atomic E-state index is 13.0. The van der Waals surface area contributed by atoms with Crippen molar-refractivity contribution in [2.24, 2.45) is 12.2 Å². The van der Waals surface area contributed by atoms with Crippen LogP contribution in [0.3, 0.4) is 0 Å². The molecule has 2 amide bonds. The molecule has 0 saturated carbocycles. The van der Waals surface area contributed by atoms with Gasteiger partial charge in [-0.3, -0.25) is 14.5 Å². The molecule has 2 aromatic rings. The maximum absolute atomic E-state index is 13.0. The Labute approximate surface area is 223 Å². The summed E-state index contributed by atoms with van der Waals surface area (Å²) in [5, 5.41) is 18.1. The van der Waals surface area contributed by atoms with Crippen molar-refractivity contribution in [2.75, 3.05) is 35.3 Å². The third kappa shape index (κ3) is 5.28. The number of aliphatic carboxylic acids is 1. The number of rotatable bonds is 9. The normalized spacial score (nSPS) is 19.4. The highest BCUT2D eigenvalue weighted by molar-refractivity contribution is 8.01. The topological polar surface area (TPSA) is 216 Å². The maximum Gasteiger partial charge on any atom is 0.352 e. The molecule has 4 heterocycles. The van der Waals surface area contributed by atoms with Gasteiger partial charge in [0.1, 0.15) is 29.4 Å². The van der Waals surface area contributed by atoms with Gasteiger partial charge in [0.05, 0.1) is 13.1 Å². The lowest BCUT2D eigenvalue weighted by Crippen LogP contribution is -2.71. The number of nitrogen functional groups attached to an aromatic ring is 3. The van der Waals surface area contributed by atoms with Crippen LogP contribution in [0.15, 0.2) is 33.0 Å². The number of amides is 2. The molecule has 0 spiro atoms. The van der Waals surface area contributed by atoms with Crippen molar-refractivity contribution in [2.45, 2.75) is 23.5 Å². The fourth-order valence-corrected chi connectivity index (χ4v) is 6.63. The molecule has 14 nitrogen and oxygen atoms in total. The van der Waals surface area contributed by atoms with Crippen molar-refractivity contribution < 1.29 is 28.9 Å². The van der Waals surface area contributed by atoms with Crippen molar-refractivity contribution in [3.8, 4) is 0 Å². The van der Waals surface area contributed by atoms with E-state index in [4.69, 9.17) is 22.0 Å². The summed E-state index contributed by atoms with van der Waals surface area (Å²) in [5.41, 5.74) is 17.9. The predicted octanol–water partition coefficient (Wildman–Crippen LogP) is -0.619. The van der Waals surface area contributed by atoms with Gasteiger partial charge in [-0.25, -0.2) is 14.3 Å². The summed E-state index contributed by atoms with van der Waals surface area (Å²) in [6.45, 7) is 1.92. The Kier molecular flexibility index (Phi) is 7.74. The molecular formula is C20H24N9O5S3+. The number of anilines is 3. The van der Waals surface area contributed by atoms with Crippen molar-refractivity contribution in [3.05, 3.63) is 28.4 Å². The molecule has 2 atom stereocenters. The monoisotopic (exact) mass is 566 g/mol. The minimum Gasteiger partial charge on any atom is -0.477 e. The molecular weight excluding hydrogens is 542 g/mol. The second kappa shape index (κ2) is 10.8. The first-order valence-corrected chi connectivity index (χ1v) is 13.7. The minimum absolute atomic E-state index is 0.109. The van der Waals surface area contributed by atoms with Crippen LogP contribution in [0, 0.1) is 0 Å². The van der Waals surface area contributed by atoms with E-state index in [2.05, 4.69) is 20.4 Å². The molecule has 8 N–H and O–H groups in total. The van der Waals surface area contributed by atoms with Crippen molar-refractivity contribution in [1.82, 2.24) is 20.2 Å². The number of carbonyl (C=O) groups is 3. The fourth-order valence-electron chi connectivity index (χ4n) is 3.59. The lowest BCUT2D eigenvalue weighted by Gasteiger charge is -2.49. The smallest absolute Gasteiger partial charge is 0.352 e. The average Bonchev–Trinajstić information content (AvgIpc) is 3.28. The molecule has 2 aliphatic heterocycles. The van der Waals surface area contributed by atoms with Gasteiger partial charge in [-0.2, -0.15) is 0 Å². The predicted molar refractivity (Wildman–Crippen MR) is 139 cm³/mol. The zero-order valence-electron chi connectivity index (χ0n) is 19.7. The van der Waals surface area contributed by atoms with E-state index in [-0.39, 0.29) is 40.4 Å². The number of nitrogens with one attached hydrogen (secondary N) is 1. The number of β-lactam (4-membered cyclic amide) rings is 1. The van der Waals surface area contributed by atoms with E-state index in [1.54, 1.807) is 23.9 Å². The van der Waals surface area contributed by atoms with Gasteiger partial charge < -0.3 is 32.5 Å². The van der Waals surface area contributed by atoms with E-state index in [0.717, 1.165) is 11.3 Å². The molecule has 196 valence electrons. The highest BCUT2D eigenvalue weighted by Crippen LogP contribution is 2.41. The molecule has 2 aromatic heterocycles. The van der Waals surface area contributed by atoms with E-state index in [1.807, 2.05) is 0 Å². The number of nitrogens with two attached hydrogens (primary N) is 3. The summed E-state index contributed by atoms with van der Waals surface area (Å²) in [6, 6.07) is 0.575. The standard InChI is InChI=1S/C20H23N9O5S3/c1-3-34-27-12(9-7-36-19(23)24-9)15(30)26-13-16(31)29-14(18(32)33)8(5-35-17(13)29)6-37-20-25-10(21)4-11(22)28(20)2/h4,7,13,17H,3,5-6H2,1-2H3,(H7,21,22,23,24,26,30,32,33)/p+1/b27-12-. The summed E-state index contributed by atoms with van der Waals surface area (Å²) in [5.74, 6) is -1.23. The minimum atomic E-state index is -1.24. The van der Waals surface area contributed by atoms with Crippen molar-refractivity contribution >= 4 is 75.1 Å². The Morgan fingerprint density at radius 3 is 2.78 bits per heavy atom. The van der Waals surface area contributed by atoms with Crippen LogP contribution in [0.25, 0.3) is 0 Å². The first-order chi connectivity index (χ1) is 17.6. The van der Waals surface area contributed by atoms with Gasteiger partial charge in [-0.05, 0) is 24.3 Å². The Bertz CT molecular complexity index is 1330. The van der Waals surface area contributed by atoms with Crippen LogP contribution in [-0.4, -0.2) is 73.0 Å². The van der Waals surface area contributed by atoms with Gasteiger partial charge in [0.2, 0.25) is 11.6 Å². The molecule has 2 unspecified atom stereocenters. The number of carboxylic acids is 1. The highest BCUT2D eigenvalue weighted by Gasteiger charge is 2.54. The number of aromatic nitrogens is 3. The Morgan fingerprint density at radius 2 is 2.14 bits per heavy atom. The van der Waals surface area contributed by atoms with Gasteiger partial charge in [-0.1, -0.05) is 10.1 Å². The van der Waals surface area contributed by atoms with Crippen LogP contribution in [-0.2, 0) is 26.3 Å². The first-order valence-electron chi connectivity index (χ1n) is 10.8. The molecule has 37 heavy (non-hydrogen) atoms. The van der Waals surface area contributed by atoms with E-state index >= 15 is 0 Å². The van der Waals surface area contributed by atoms with Crippen molar-refractivity contribution in [1.29, 1.82) is 0 Å². The fraction of sp³-hybridized carbons (Fsp3) is 0.350. The lowest BCUT2D eigenvalue weighted by atomic mass is 10.0. The number of hydrogen-bond donors (Lipinski definition) is 5. The van der Waals surface area contributed by atoms with E-state index < -0.39 is 29.2 Å². The first kappa shape index (κ1) is 26.5. The number of carboxylic acid groups (broad SMARTS) is 1. The summed E-state index contributed by atoms with van der Waals surface area (Å²) < 4.78 is 1.64. The average molecular weight is 567 g/mol. The lowest BCUT2D eigenvalue weighted by molar-refractivity contribution is -0.698. The van der Waals surface area contributed by atoms with Crippen LogP contribution in [0.4, 0.5) is 16.8 Å². The number of oxime groups is 1. The third-order valence-electron chi connectivity index (χ3n) is 5.37. The molecule has 2 aliphatic rings. The van der Waals surface area contributed by atoms with Gasteiger partial charge in [0, 0.05) is 16.9 Å². The second-order valence-corrected chi connectivity index (χ2v) is 10.7. The molecule has 0 aliphatic carbocycles. The molecule has 0 bridgehead atoms. The number of thiazole rings is 1. The quantitative estimate of drug-likeness (QED) is 0.0641. The third-order valence-corrected chi connectivity index (χ3v) is 8.50. The Morgan fingerprint density at radius 1 is 1.38 bits per heavy atom. The van der Waals surface area contributed by atoms with Gasteiger partial charge in [-0.15, -0.1) is 23.1 Å². The summed E-state index contributed by atoms with van der Waals surface area (Å²) in [4.78, 5) is 52.7. The van der Waals surface area contributed by atoms with E-state index in [1.165, 1.54) is 34.5 Å². The Balaban J connectivity index is 1.51. The highest BCUT2D eigenvalue weighted by atomic mass is 32.2. The number of nitrogens with zero attached hydrogens (tertiary/aromatic N) is 5. The SMILES string of the molecule is CCO/N=C(\C(=O)NC1C(=O)N2C(C(=O)O)=C(CSc3nc(N)cc(N)[n+]3C)CSC12)c1csc(N)n1. The van der Waals surface area contributed by atoms with E-state index in [9.17, 15) is 19.5 Å². The largest absolute Gasteiger partial charge is 0.477 e. The molecule has 0 aromatic carbocycles. The van der Waals surface area contributed by atoms with Gasteiger partial charge in [0.25, 0.3) is 11.8 Å². The van der Waals surface area contributed by atoms with E-state index in [0.29, 0.717) is 22.3 Å². The van der Waals surface area contributed by atoms with Crippen LogP contribution >= 0.6 is 34.9 Å². The van der Waals surface area contributed by atoms with Crippen LogP contribution in [0.2, 0.25) is 0 Å². The van der Waals surface area contributed by atoms with Crippen LogP contribution in [0.1, 0.15) is 12.6 Å². The molecule has 1 saturated heterocycles. The zero-order valence-corrected chi connectivity index (χ0v) is 22.2. The molecule has 4 rings (SSSR count). The Hall–Kier alpha value is -3.57. The molecule has 17 heteroatoms. The van der Waals surface area contributed by atoms with Crippen LogP contribution in [0.5, 0.6) is 0 Å². The number of hydrogen-bond acceptors (Lipinski definition) is 13. The summed E-state index contributed by atoms with van der Waals surface area (Å²) in [7, 11) is 1.72. The summed E-state index contributed by atoms with van der Waals surface area (Å²) >= 11 is 3.73. The van der Waals surface area contributed by atoms with Gasteiger partial charge in [0.15, 0.2) is 10.8 Å². The molecule has 0 radical (unpaired) electrons. The van der Waals surface area contributed by atoms with Crippen LogP contribution < -0.4 is 27.1 Å². The van der Waals surface area contributed by atoms with Gasteiger partial charge >= 0.3 is 11.1 Å². The van der Waals surface area contributed by atoms with Crippen molar-refractivity contribution in [3.63, 3.8) is 0 Å². The second-order valence-electron chi connectivity index (χ2n) is 7.78. The molecule has 1 fully saturated rings.